The Bertz CT molecular complexity index is 180. The Morgan fingerprint density at radius 3 is 2.27 bits per heavy atom. The van der Waals surface area contributed by atoms with Gasteiger partial charge in [0.25, 0.3) is 0 Å². The van der Waals surface area contributed by atoms with Crippen molar-refractivity contribution < 1.29 is 4.43 Å². The highest BCUT2D eigenvalue weighted by Gasteiger charge is 2.37. The molecule has 0 heterocycles. The summed E-state index contributed by atoms with van der Waals surface area (Å²) in [5.41, 5.74) is 5.99. The fraction of sp³-hybridized carbons (Fsp3) is 1.00. The monoisotopic (exact) mass is 249 g/mol. The molecule has 0 aromatic rings. The summed E-state index contributed by atoms with van der Waals surface area (Å²) < 4.78 is 6.06. The molecule has 0 aliphatic heterocycles. The smallest absolute Gasteiger partial charge is 0.192 e. The zero-order valence-corrected chi connectivity index (χ0v) is 12.9. The molecule has 0 spiro atoms. The summed E-state index contributed by atoms with van der Waals surface area (Å²) in [6.07, 6.45) is 3.16. The zero-order chi connectivity index (χ0) is 12.1. The quantitative estimate of drug-likeness (QED) is 0.735. The van der Waals surface area contributed by atoms with Crippen LogP contribution in [0.5, 0.6) is 0 Å². The Labute approximate surface area is 100 Å². The van der Waals surface area contributed by atoms with E-state index in [1.807, 2.05) is 11.8 Å². The topological polar surface area (TPSA) is 35.2 Å². The molecule has 0 aromatic heterocycles. The van der Waals surface area contributed by atoms with Crippen molar-refractivity contribution in [2.75, 3.05) is 18.6 Å². The van der Waals surface area contributed by atoms with Crippen LogP contribution in [0, 0.1) is 0 Å². The Morgan fingerprint density at radius 2 is 1.87 bits per heavy atom. The predicted octanol–water partition coefficient (Wildman–Crippen LogP) is 3.09. The van der Waals surface area contributed by atoms with Crippen molar-refractivity contribution in [3.05, 3.63) is 0 Å². The van der Waals surface area contributed by atoms with Crippen molar-refractivity contribution in [1.82, 2.24) is 0 Å². The molecule has 0 amide bonds. The van der Waals surface area contributed by atoms with Gasteiger partial charge in [0.1, 0.15) is 0 Å². The van der Waals surface area contributed by atoms with Gasteiger partial charge in [-0.25, -0.2) is 0 Å². The fourth-order valence-corrected chi connectivity index (χ4v) is 2.49. The first-order valence-corrected chi connectivity index (χ1v) is 9.89. The van der Waals surface area contributed by atoms with Gasteiger partial charge < -0.3 is 10.2 Å². The second-order valence-corrected chi connectivity index (χ2v) is 11.4. The molecule has 1 unspecified atom stereocenters. The van der Waals surface area contributed by atoms with E-state index in [1.165, 1.54) is 0 Å². The van der Waals surface area contributed by atoms with E-state index >= 15 is 0 Å². The average Bonchev–Trinajstić information content (AvgIpc) is 2.09. The van der Waals surface area contributed by atoms with Gasteiger partial charge in [-0.1, -0.05) is 20.8 Å². The van der Waals surface area contributed by atoms with Gasteiger partial charge in [0.2, 0.25) is 0 Å². The molecule has 0 aromatic carbocycles. The number of hydrogen-bond donors (Lipinski definition) is 1. The van der Waals surface area contributed by atoms with E-state index < -0.39 is 8.32 Å². The summed E-state index contributed by atoms with van der Waals surface area (Å²) in [6.45, 7) is 12.0. The summed E-state index contributed by atoms with van der Waals surface area (Å²) in [4.78, 5) is 0. The number of nitrogens with two attached hydrogens (primary N) is 1. The highest BCUT2D eigenvalue weighted by atomic mass is 32.2. The lowest BCUT2D eigenvalue weighted by Crippen LogP contribution is -2.44. The van der Waals surface area contributed by atoms with Crippen LogP contribution in [0.2, 0.25) is 18.1 Å². The van der Waals surface area contributed by atoms with E-state index in [0.717, 1.165) is 18.8 Å². The van der Waals surface area contributed by atoms with Gasteiger partial charge in [-0.05, 0) is 36.6 Å². The average molecular weight is 249 g/mol. The molecular formula is C11H27NOSSi. The van der Waals surface area contributed by atoms with E-state index in [9.17, 15) is 0 Å². The normalized spacial score (nSPS) is 15.4. The van der Waals surface area contributed by atoms with Gasteiger partial charge in [0.05, 0.1) is 0 Å². The Balaban J connectivity index is 3.93. The van der Waals surface area contributed by atoms with Gasteiger partial charge in [-0.2, -0.15) is 11.8 Å². The second-order valence-electron chi connectivity index (χ2n) is 5.61. The molecule has 0 aliphatic carbocycles. The van der Waals surface area contributed by atoms with Crippen LogP contribution in [-0.4, -0.2) is 33.0 Å². The maximum absolute atomic E-state index is 6.06. The lowest BCUT2D eigenvalue weighted by Gasteiger charge is -2.36. The summed E-state index contributed by atoms with van der Waals surface area (Å²) in [5.74, 6) is 1.13. The van der Waals surface area contributed by atoms with E-state index in [4.69, 9.17) is 10.2 Å². The largest absolute Gasteiger partial charge is 0.415 e. The maximum atomic E-state index is 6.06. The van der Waals surface area contributed by atoms with Crippen molar-refractivity contribution in [2.45, 2.75) is 51.4 Å². The first-order chi connectivity index (χ1) is 6.70. The molecule has 0 bridgehead atoms. The number of hydrogen-bond acceptors (Lipinski definition) is 3. The van der Waals surface area contributed by atoms with Crippen molar-refractivity contribution in [3.8, 4) is 0 Å². The molecule has 4 heteroatoms. The second kappa shape index (κ2) is 6.28. The molecule has 2 N–H and O–H groups in total. The summed E-state index contributed by atoms with van der Waals surface area (Å²) in [7, 11) is -1.59. The van der Waals surface area contributed by atoms with Crippen LogP contribution in [0.25, 0.3) is 0 Å². The molecule has 0 aliphatic rings. The molecule has 0 radical (unpaired) electrons. The molecule has 0 fully saturated rings. The van der Waals surface area contributed by atoms with E-state index in [-0.39, 0.29) is 11.1 Å². The van der Waals surface area contributed by atoms with Crippen molar-refractivity contribution in [1.29, 1.82) is 0 Å². The SMILES string of the molecule is CSCCC(N)CO[Si](C)(C)C(C)(C)C. The van der Waals surface area contributed by atoms with Crippen LogP contribution in [0.4, 0.5) is 0 Å². The molecular weight excluding hydrogens is 222 g/mol. The minimum Gasteiger partial charge on any atom is -0.415 e. The highest BCUT2D eigenvalue weighted by Crippen LogP contribution is 2.36. The van der Waals surface area contributed by atoms with Crippen molar-refractivity contribution in [3.63, 3.8) is 0 Å². The van der Waals surface area contributed by atoms with E-state index in [2.05, 4.69) is 40.1 Å². The lowest BCUT2D eigenvalue weighted by atomic mass is 10.2. The van der Waals surface area contributed by atoms with Crippen LogP contribution < -0.4 is 5.73 Å². The van der Waals surface area contributed by atoms with Crippen LogP contribution in [0.1, 0.15) is 27.2 Å². The van der Waals surface area contributed by atoms with Gasteiger partial charge in [-0.3, -0.25) is 0 Å². The van der Waals surface area contributed by atoms with Crippen LogP contribution in [-0.2, 0) is 4.43 Å². The summed E-state index contributed by atoms with van der Waals surface area (Å²) in [6, 6.07) is 0.201. The maximum Gasteiger partial charge on any atom is 0.192 e. The van der Waals surface area contributed by atoms with Crippen molar-refractivity contribution in [2.24, 2.45) is 5.73 Å². The Morgan fingerprint density at radius 1 is 1.33 bits per heavy atom. The lowest BCUT2D eigenvalue weighted by molar-refractivity contribution is 0.261. The minimum absolute atomic E-state index is 0.201. The van der Waals surface area contributed by atoms with Gasteiger partial charge >= 0.3 is 0 Å². The van der Waals surface area contributed by atoms with Crippen molar-refractivity contribution >= 4 is 20.1 Å². The number of rotatable bonds is 6. The first-order valence-electron chi connectivity index (χ1n) is 5.59. The van der Waals surface area contributed by atoms with E-state index in [1.54, 1.807) is 0 Å². The highest BCUT2D eigenvalue weighted by molar-refractivity contribution is 7.98. The standard InChI is InChI=1S/C11H27NOSSi/c1-11(2,3)15(5,6)13-9-10(12)7-8-14-4/h10H,7-9,12H2,1-6H3. The molecule has 15 heavy (non-hydrogen) atoms. The van der Waals surface area contributed by atoms with Crippen LogP contribution in [0.3, 0.4) is 0 Å². The first kappa shape index (κ1) is 15.5. The number of thioether (sulfide) groups is 1. The summed E-state index contributed by atoms with van der Waals surface area (Å²) in [5, 5.41) is 0.284. The Kier molecular flexibility index (Phi) is 6.48. The third kappa shape index (κ3) is 5.95. The fourth-order valence-electron chi connectivity index (χ4n) is 0.884. The molecule has 0 rings (SSSR count). The van der Waals surface area contributed by atoms with Gasteiger partial charge in [0, 0.05) is 12.6 Å². The van der Waals surface area contributed by atoms with Gasteiger partial charge in [0.15, 0.2) is 8.32 Å². The molecule has 0 saturated heterocycles. The Hall–Kier alpha value is 0.487. The summed E-state index contributed by atoms with van der Waals surface area (Å²) >= 11 is 1.84. The zero-order valence-electron chi connectivity index (χ0n) is 11.1. The molecule has 2 nitrogen and oxygen atoms in total. The van der Waals surface area contributed by atoms with Crippen LogP contribution >= 0.6 is 11.8 Å². The van der Waals surface area contributed by atoms with E-state index in [0.29, 0.717) is 0 Å². The van der Waals surface area contributed by atoms with Crippen LogP contribution in [0.15, 0.2) is 0 Å². The third-order valence-electron chi connectivity index (χ3n) is 3.16. The molecule has 92 valence electrons. The van der Waals surface area contributed by atoms with Gasteiger partial charge in [-0.15, -0.1) is 0 Å². The predicted molar refractivity (Wildman–Crippen MR) is 74.1 cm³/mol. The minimum atomic E-state index is -1.59. The molecule has 0 saturated carbocycles. The molecule has 1 atom stereocenters. The third-order valence-corrected chi connectivity index (χ3v) is 8.30.